The van der Waals surface area contributed by atoms with Crippen LogP contribution in [-0.2, 0) is 4.79 Å². The predicted molar refractivity (Wildman–Crippen MR) is 96.1 cm³/mol. The number of fused-ring (bicyclic) bond motifs is 1. The Labute approximate surface area is 147 Å². The second-order valence-electron chi connectivity index (χ2n) is 5.25. The number of carbonyl (C=O) groups excluding carboxylic acids is 2. The Kier molecular flexibility index (Phi) is 4.66. The fourth-order valence-electron chi connectivity index (χ4n) is 2.34. The molecule has 3 rings (SSSR count). The molecule has 0 radical (unpaired) electrons. The minimum atomic E-state index is -0.228. The lowest BCUT2D eigenvalue weighted by atomic mass is 10.1. The van der Waals surface area contributed by atoms with E-state index in [4.69, 9.17) is 4.74 Å². The standard InChI is InChI=1S/C18H15BrN2O3/c1-20-17(22)11-2-5-15(6-3-11)21-18(23)13-8-12-9-14(19)4-7-16(12)24-10-13/h2-9H,10H2,1H3,(H,20,22)(H,21,23). The molecule has 6 heteroatoms. The zero-order chi connectivity index (χ0) is 17.1. The maximum absolute atomic E-state index is 12.4. The second-order valence-corrected chi connectivity index (χ2v) is 6.17. The summed E-state index contributed by atoms with van der Waals surface area (Å²) in [6.07, 6.45) is 1.82. The smallest absolute Gasteiger partial charge is 0.255 e. The normalized spacial score (nSPS) is 12.5. The molecule has 2 N–H and O–H groups in total. The van der Waals surface area contributed by atoms with E-state index in [0.717, 1.165) is 15.8 Å². The van der Waals surface area contributed by atoms with Crippen LogP contribution in [-0.4, -0.2) is 25.5 Å². The Bertz CT molecular complexity index is 829. The third kappa shape index (κ3) is 3.49. The molecule has 0 unspecified atom stereocenters. The van der Waals surface area contributed by atoms with E-state index in [2.05, 4.69) is 26.6 Å². The van der Waals surface area contributed by atoms with E-state index >= 15 is 0 Å². The van der Waals surface area contributed by atoms with Crippen LogP contribution < -0.4 is 15.4 Å². The van der Waals surface area contributed by atoms with Gasteiger partial charge >= 0.3 is 0 Å². The number of benzene rings is 2. The van der Waals surface area contributed by atoms with E-state index in [1.807, 2.05) is 24.3 Å². The van der Waals surface area contributed by atoms with Gasteiger partial charge in [0.05, 0.1) is 5.57 Å². The predicted octanol–water partition coefficient (Wildman–Crippen LogP) is 3.22. The lowest BCUT2D eigenvalue weighted by Gasteiger charge is -2.18. The largest absolute Gasteiger partial charge is 0.488 e. The first-order chi connectivity index (χ1) is 11.6. The summed E-state index contributed by atoms with van der Waals surface area (Å²) in [6.45, 7) is 0.219. The summed E-state index contributed by atoms with van der Waals surface area (Å²) >= 11 is 3.41. The monoisotopic (exact) mass is 386 g/mol. The first-order valence-electron chi connectivity index (χ1n) is 7.33. The SMILES string of the molecule is CNC(=O)c1ccc(NC(=O)C2=Cc3cc(Br)ccc3OC2)cc1. The average Bonchev–Trinajstić information content (AvgIpc) is 2.61. The van der Waals surface area contributed by atoms with Crippen LogP contribution in [0.15, 0.2) is 52.5 Å². The van der Waals surface area contributed by atoms with Gasteiger partial charge in [-0.05, 0) is 48.5 Å². The zero-order valence-electron chi connectivity index (χ0n) is 12.9. The highest BCUT2D eigenvalue weighted by Crippen LogP contribution is 2.29. The van der Waals surface area contributed by atoms with E-state index in [1.165, 1.54) is 0 Å². The van der Waals surface area contributed by atoms with Gasteiger partial charge in [0.1, 0.15) is 12.4 Å². The van der Waals surface area contributed by atoms with Gasteiger partial charge in [-0.15, -0.1) is 0 Å². The first-order valence-corrected chi connectivity index (χ1v) is 8.12. The molecule has 0 saturated carbocycles. The zero-order valence-corrected chi connectivity index (χ0v) is 14.5. The van der Waals surface area contributed by atoms with E-state index in [1.54, 1.807) is 31.3 Å². The van der Waals surface area contributed by atoms with Crippen LogP contribution in [0.3, 0.4) is 0 Å². The summed E-state index contributed by atoms with van der Waals surface area (Å²) in [5.41, 5.74) is 2.55. The van der Waals surface area contributed by atoms with Gasteiger partial charge in [0, 0.05) is 28.3 Å². The van der Waals surface area contributed by atoms with E-state index in [0.29, 0.717) is 16.8 Å². The van der Waals surface area contributed by atoms with Crippen LogP contribution in [0, 0.1) is 0 Å². The fourth-order valence-corrected chi connectivity index (χ4v) is 2.72. The summed E-state index contributed by atoms with van der Waals surface area (Å²) in [4.78, 5) is 23.9. The molecule has 2 aromatic carbocycles. The maximum Gasteiger partial charge on any atom is 0.255 e. The number of nitrogens with one attached hydrogen (secondary N) is 2. The molecular weight excluding hydrogens is 372 g/mol. The molecule has 0 bridgehead atoms. The molecule has 0 aliphatic carbocycles. The molecule has 0 aromatic heterocycles. The number of amides is 2. The minimum Gasteiger partial charge on any atom is -0.488 e. The summed E-state index contributed by atoms with van der Waals surface area (Å²) < 4.78 is 6.54. The van der Waals surface area contributed by atoms with Gasteiger partial charge in [-0.2, -0.15) is 0 Å². The van der Waals surface area contributed by atoms with Crippen molar-refractivity contribution in [2.75, 3.05) is 19.0 Å². The molecule has 122 valence electrons. The molecule has 1 aliphatic heterocycles. The Morgan fingerprint density at radius 2 is 1.83 bits per heavy atom. The van der Waals surface area contributed by atoms with Gasteiger partial charge in [0.15, 0.2) is 0 Å². The van der Waals surface area contributed by atoms with Gasteiger partial charge in [-0.3, -0.25) is 9.59 Å². The van der Waals surface area contributed by atoms with Crippen molar-refractivity contribution in [2.24, 2.45) is 0 Å². The Hall–Kier alpha value is -2.60. The molecule has 2 amide bonds. The molecule has 1 heterocycles. The molecule has 2 aromatic rings. The maximum atomic E-state index is 12.4. The number of halogens is 1. The van der Waals surface area contributed by atoms with Gasteiger partial charge in [0.2, 0.25) is 0 Å². The first kappa shape index (κ1) is 16.3. The van der Waals surface area contributed by atoms with Crippen molar-refractivity contribution in [3.8, 4) is 5.75 Å². The van der Waals surface area contributed by atoms with Gasteiger partial charge in [-0.1, -0.05) is 15.9 Å². The molecule has 0 saturated heterocycles. The van der Waals surface area contributed by atoms with Crippen molar-refractivity contribution in [1.82, 2.24) is 5.32 Å². The molecule has 1 aliphatic rings. The highest BCUT2D eigenvalue weighted by Gasteiger charge is 2.17. The van der Waals surface area contributed by atoms with Crippen LogP contribution in [0.2, 0.25) is 0 Å². The van der Waals surface area contributed by atoms with Crippen molar-refractivity contribution < 1.29 is 14.3 Å². The van der Waals surface area contributed by atoms with E-state index in [-0.39, 0.29) is 18.4 Å². The quantitative estimate of drug-likeness (QED) is 0.850. The summed E-state index contributed by atoms with van der Waals surface area (Å²) in [6, 6.07) is 12.4. The van der Waals surface area contributed by atoms with Crippen molar-refractivity contribution >= 4 is 39.5 Å². The minimum absolute atomic E-state index is 0.168. The van der Waals surface area contributed by atoms with Gasteiger partial charge in [-0.25, -0.2) is 0 Å². The topological polar surface area (TPSA) is 67.4 Å². The second kappa shape index (κ2) is 6.88. The van der Waals surface area contributed by atoms with Crippen molar-refractivity contribution in [3.63, 3.8) is 0 Å². The third-order valence-corrected chi connectivity index (χ3v) is 4.10. The van der Waals surface area contributed by atoms with Crippen molar-refractivity contribution in [1.29, 1.82) is 0 Å². The number of anilines is 1. The summed E-state index contributed by atoms with van der Waals surface area (Å²) in [7, 11) is 1.57. The summed E-state index contributed by atoms with van der Waals surface area (Å²) in [5, 5.41) is 5.36. The molecular formula is C18H15BrN2O3. The Morgan fingerprint density at radius 3 is 2.54 bits per heavy atom. The van der Waals surface area contributed by atoms with Crippen LogP contribution in [0.1, 0.15) is 15.9 Å². The lowest BCUT2D eigenvalue weighted by Crippen LogP contribution is -2.21. The average molecular weight is 387 g/mol. The highest BCUT2D eigenvalue weighted by molar-refractivity contribution is 9.10. The van der Waals surface area contributed by atoms with Crippen LogP contribution >= 0.6 is 15.9 Å². The molecule has 5 nitrogen and oxygen atoms in total. The molecule has 24 heavy (non-hydrogen) atoms. The van der Waals surface area contributed by atoms with E-state index < -0.39 is 0 Å². The fraction of sp³-hybridized carbons (Fsp3) is 0.111. The van der Waals surface area contributed by atoms with E-state index in [9.17, 15) is 9.59 Å². The number of hydrogen-bond donors (Lipinski definition) is 2. The van der Waals surface area contributed by atoms with Crippen molar-refractivity contribution in [3.05, 3.63) is 63.6 Å². The Morgan fingerprint density at radius 1 is 1.08 bits per heavy atom. The van der Waals surface area contributed by atoms with Crippen LogP contribution in [0.4, 0.5) is 5.69 Å². The molecule has 0 fully saturated rings. The van der Waals surface area contributed by atoms with Crippen LogP contribution in [0.25, 0.3) is 6.08 Å². The number of hydrogen-bond acceptors (Lipinski definition) is 3. The van der Waals surface area contributed by atoms with Crippen LogP contribution in [0.5, 0.6) is 5.75 Å². The van der Waals surface area contributed by atoms with Gasteiger partial charge in [0.25, 0.3) is 11.8 Å². The van der Waals surface area contributed by atoms with Gasteiger partial charge < -0.3 is 15.4 Å². The lowest BCUT2D eigenvalue weighted by molar-refractivity contribution is -0.113. The number of ether oxygens (including phenoxy) is 1. The molecule has 0 atom stereocenters. The molecule has 0 spiro atoms. The third-order valence-electron chi connectivity index (χ3n) is 3.61. The Balaban J connectivity index is 1.74. The summed E-state index contributed by atoms with van der Waals surface area (Å²) in [5.74, 6) is 0.358. The number of carbonyl (C=O) groups is 2. The highest BCUT2D eigenvalue weighted by atomic mass is 79.9. The number of rotatable bonds is 3. The van der Waals surface area contributed by atoms with Crippen molar-refractivity contribution in [2.45, 2.75) is 0 Å².